The number of amides is 1. The van der Waals surface area contributed by atoms with Crippen molar-refractivity contribution < 1.29 is 4.79 Å². The summed E-state index contributed by atoms with van der Waals surface area (Å²) < 4.78 is 0. The number of aromatic nitrogens is 1. The first kappa shape index (κ1) is 14.6. The lowest BCUT2D eigenvalue weighted by Gasteiger charge is -2.26. The molecule has 1 aliphatic heterocycles. The molecule has 6 nitrogen and oxygen atoms in total. The summed E-state index contributed by atoms with van der Waals surface area (Å²) in [5.74, 6) is 0.226. The lowest BCUT2D eigenvalue weighted by Crippen LogP contribution is -2.37. The van der Waals surface area contributed by atoms with E-state index in [9.17, 15) is 4.79 Å². The van der Waals surface area contributed by atoms with Crippen LogP contribution in [0.1, 0.15) is 41.8 Å². The maximum atomic E-state index is 12.2. The van der Waals surface area contributed by atoms with Gasteiger partial charge in [-0.15, -0.1) is 0 Å². The van der Waals surface area contributed by atoms with Crippen LogP contribution in [-0.4, -0.2) is 48.0 Å². The van der Waals surface area contributed by atoms with E-state index in [1.807, 2.05) is 0 Å². The average molecular weight is 309 g/mol. The molecule has 0 radical (unpaired) electrons. The number of likely N-dealkylation sites (tertiary alicyclic amines) is 1. The minimum absolute atomic E-state index is 0.106. The van der Waals surface area contributed by atoms with Crippen molar-refractivity contribution in [3.05, 3.63) is 4.88 Å². The third-order valence-corrected chi connectivity index (χ3v) is 4.93. The first-order valence-electron chi connectivity index (χ1n) is 7.76. The average Bonchev–Trinajstić information content (AvgIpc) is 3.21. The van der Waals surface area contributed by atoms with Crippen LogP contribution < -0.4 is 16.4 Å². The number of carbonyl (C=O) groups excluding carboxylic acids is 1. The van der Waals surface area contributed by atoms with E-state index in [1.54, 1.807) is 0 Å². The van der Waals surface area contributed by atoms with E-state index in [2.05, 4.69) is 20.5 Å². The Labute approximate surface area is 129 Å². The summed E-state index contributed by atoms with van der Waals surface area (Å²) in [6.07, 6.45) is 6.22. The van der Waals surface area contributed by atoms with Gasteiger partial charge in [0.1, 0.15) is 10.7 Å². The summed E-state index contributed by atoms with van der Waals surface area (Å²) in [7, 11) is 0. The number of rotatable bonds is 6. The van der Waals surface area contributed by atoms with Gasteiger partial charge in [0.05, 0.1) is 0 Å². The van der Waals surface area contributed by atoms with Crippen molar-refractivity contribution in [3.63, 3.8) is 0 Å². The molecule has 4 N–H and O–H groups in total. The Morgan fingerprint density at radius 3 is 2.81 bits per heavy atom. The van der Waals surface area contributed by atoms with E-state index in [4.69, 9.17) is 5.73 Å². The highest BCUT2D eigenvalue weighted by atomic mass is 32.1. The number of nitrogens with one attached hydrogen (secondary N) is 2. The van der Waals surface area contributed by atoms with Crippen LogP contribution in [0.5, 0.6) is 0 Å². The highest BCUT2D eigenvalue weighted by Crippen LogP contribution is 2.30. The van der Waals surface area contributed by atoms with Crippen LogP contribution >= 0.6 is 11.3 Å². The molecular formula is C14H23N5OS. The van der Waals surface area contributed by atoms with E-state index in [1.165, 1.54) is 43.4 Å². The second kappa shape index (κ2) is 6.62. The molecule has 1 saturated carbocycles. The van der Waals surface area contributed by atoms with Crippen molar-refractivity contribution in [1.82, 2.24) is 15.2 Å². The van der Waals surface area contributed by atoms with Crippen molar-refractivity contribution in [1.29, 1.82) is 0 Å². The molecule has 3 rings (SSSR count). The smallest absolute Gasteiger partial charge is 0.265 e. The molecule has 0 spiro atoms. The minimum Gasteiger partial charge on any atom is -0.382 e. The number of nitrogens with two attached hydrogens (primary N) is 1. The van der Waals surface area contributed by atoms with Gasteiger partial charge in [-0.3, -0.25) is 4.79 Å². The minimum atomic E-state index is -0.106. The normalized spacial score (nSPS) is 19.4. The Hall–Kier alpha value is -1.34. The van der Waals surface area contributed by atoms with Crippen LogP contribution in [0.4, 0.5) is 10.9 Å². The fourth-order valence-electron chi connectivity index (χ4n) is 2.55. The first-order valence-corrected chi connectivity index (χ1v) is 8.57. The third kappa shape index (κ3) is 4.07. The zero-order chi connectivity index (χ0) is 14.7. The second-order valence-electron chi connectivity index (χ2n) is 5.81. The largest absolute Gasteiger partial charge is 0.382 e. The summed E-state index contributed by atoms with van der Waals surface area (Å²) in [5.41, 5.74) is 5.84. The zero-order valence-electron chi connectivity index (χ0n) is 12.2. The summed E-state index contributed by atoms with van der Waals surface area (Å²) in [6.45, 7) is 3.88. The number of anilines is 2. The van der Waals surface area contributed by atoms with Crippen LogP contribution in [0.15, 0.2) is 0 Å². The highest BCUT2D eigenvalue weighted by molar-refractivity contribution is 7.18. The quantitative estimate of drug-likeness (QED) is 0.742. The van der Waals surface area contributed by atoms with Gasteiger partial charge in [0.15, 0.2) is 5.13 Å². The summed E-state index contributed by atoms with van der Waals surface area (Å²) in [6, 6.07) is 0.519. The van der Waals surface area contributed by atoms with Crippen LogP contribution in [0.25, 0.3) is 0 Å². The van der Waals surface area contributed by atoms with Gasteiger partial charge in [-0.1, -0.05) is 17.8 Å². The Kier molecular flexibility index (Phi) is 4.60. The highest BCUT2D eigenvalue weighted by Gasteiger charge is 2.24. The number of nitrogen functional groups attached to an aromatic ring is 1. The predicted molar refractivity (Wildman–Crippen MR) is 85.8 cm³/mol. The molecule has 1 aromatic rings. The van der Waals surface area contributed by atoms with Crippen molar-refractivity contribution in [3.8, 4) is 0 Å². The predicted octanol–water partition coefficient (Wildman–Crippen LogP) is 1.52. The number of carbonyl (C=O) groups is 1. The van der Waals surface area contributed by atoms with Crippen molar-refractivity contribution in [2.75, 3.05) is 37.2 Å². The maximum absolute atomic E-state index is 12.2. The van der Waals surface area contributed by atoms with Crippen LogP contribution in [0.2, 0.25) is 0 Å². The molecule has 116 valence electrons. The first-order chi connectivity index (χ1) is 10.2. The zero-order valence-corrected chi connectivity index (χ0v) is 13.0. The molecule has 2 aliphatic rings. The van der Waals surface area contributed by atoms with Gasteiger partial charge in [-0.2, -0.15) is 0 Å². The molecule has 2 heterocycles. The molecule has 21 heavy (non-hydrogen) atoms. The molecule has 1 aliphatic carbocycles. The lowest BCUT2D eigenvalue weighted by molar-refractivity contribution is 0.0951. The van der Waals surface area contributed by atoms with E-state index >= 15 is 0 Å². The van der Waals surface area contributed by atoms with Gasteiger partial charge in [0.2, 0.25) is 0 Å². The summed E-state index contributed by atoms with van der Waals surface area (Å²) in [4.78, 5) is 19.3. The van der Waals surface area contributed by atoms with E-state index in [-0.39, 0.29) is 5.91 Å². The molecule has 7 heteroatoms. The monoisotopic (exact) mass is 309 g/mol. The maximum Gasteiger partial charge on any atom is 0.265 e. The van der Waals surface area contributed by atoms with Crippen molar-refractivity contribution >= 4 is 28.2 Å². The van der Waals surface area contributed by atoms with Crippen LogP contribution in [0.3, 0.4) is 0 Å². The molecule has 1 aromatic heterocycles. The summed E-state index contributed by atoms with van der Waals surface area (Å²) in [5, 5.41) is 6.99. The fourth-order valence-corrected chi connectivity index (χ4v) is 3.43. The Bertz CT molecular complexity index is 494. The van der Waals surface area contributed by atoms with E-state index < -0.39 is 0 Å². The lowest BCUT2D eigenvalue weighted by atomic mass is 10.1. The van der Waals surface area contributed by atoms with Gasteiger partial charge in [0, 0.05) is 19.1 Å². The van der Waals surface area contributed by atoms with Crippen molar-refractivity contribution in [2.45, 2.75) is 38.1 Å². The SMILES string of the molecule is Nc1nc(NC2CC2)sc1C(=O)NCCN1CCCCC1. The Morgan fingerprint density at radius 2 is 2.10 bits per heavy atom. The molecule has 1 amide bonds. The standard InChI is InChI=1S/C14H23N5OS/c15-12-11(21-14(18-12)17-10-4-5-10)13(20)16-6-9-19-7-2-1-3-8-19/h10H,1-9,15H2,(H,16,20)(H,17,18). The van der Waals surface area contributed by atoms with Gasteiger partial charge in [-0.05, 0) is 38.8 Å². The van der Waals surface area contributed by atoms with Gasteiger partial charge < -0.3 is 21.3 Å². The van der Waals surface area contributed by atoms with Gasteiger partial charge >= 0.3 is 0 Å². The number of thiazole rings is 1. The molecule has 0 aromatic carbocycles. The van der Waals surface area contributed by atoms with Crippen molar-refractivity contribution in [2.24, 2.45) is 0 Å². The fraction of sp³-hybridized carbons (Fsp3) is 0.714. The van der Waals surface area contributed by atoms with Gasteiger partial charge in [-0.25, -0.2) is 4.98 Å². The molecular weight excluding hydrogens is 286 g/mol. The number of hydrogen-bond donors (Lipinski definition) is 3. The Morgan fingerprint density at radius 1 is 1.33 bits per heavy atom. The van der Waals surface area contributed by atoms with E-state index in [0.717, 1.165) is 24.8 Å². The third-order valence-electron chi connectivity index (χ3n) is 3.93. The van der Waals surface area contributed by atoms with Crippen LogP contribution in [-0.2, 0) is 0 Å². The molecule has 0 atom stereocenters. The number of nitrogens with zero attached hydrogens (tertiary/aromatic N) is 2. The van der Waals surface area contributed by atoms with Crippen LogP contribution in [0, 0.1) is 0 Å². The molecule has 0 unspecified atom stereocenters. The number of hydrogen-bond acceptors (Lipinski definition) is 6. The molecule has 1 saturated heterocycles. The number of piperidine rings is 1. The van der Waals surface area contributed by atoms with E-state index in [0.29, 0.717) is 23.3 Å². The Balaban J connectivity index is 1.46. The second-order valence-corrected chi connectivity index (χ2v) is 6.81. The van der Waals surface area contributed by atoms with Gasteiger partial charge in [0.25, 0.3) is 5.91 Å². The molecule has 2 fully saturated rings. The topological polar surface area (TPSA) is 83.3 Å². The molecule has 0 bridgehead atoms. The summed E-state index contributed by atoms with van der Waals surface area (Å²) >= 11 is 1.35.